The number of halogens is 1. The van der Waals surface area contributed by atoms with Crippen molar-refractivity contribution in [2.45, 2.75) is 5.38 Å². The van der Waals surface area contributed by atoms with Crippen LogP contribution < -0.4 is 5.32 Å². The first-order valence-corrected chi connectivity index (χ1v) is 5.90. The topological polar surface area (TPSA) is 33.7 Å². The van der Waals surface area contributed by atoms with Crippen molar-refractivity contribution in [2.75, 3.05) is 59.7 Å². The number of methoxy groups -OCH3 is 1. The van der Waals surface area contributed by atoms with E-state index in [1.165, 1.54) is 0 Å². The standard InChI is InChI=1S/C10H21ClN2O2/c1-14-9-10(11)8-12-2-3-13-4-6-15-7-5-13/h10,12H,2-9H2,1H3. The van der Waals surface area contributed by atoms with Gasteiger partial charge in [0, 0.05) is 39.8 Å². The lowest BCUT2D eigenvalue weighted by molar-refractivity contribution is 0.0384. The van der Waals surface area contributed by atoms with E-state index in [0.717, 1.165) is 45.9 Å². The summed E-state index contributed by atoms with van der Waals surface area (Å²) in [5.41, 5.74) is 0. The van der Waals surface area contributed by atoms with E-state index in [4.69, 9.17) is 21.1 Å². The lowest BCUT2D eigenvalue weighted by atomic mass is 10.4. The van der Waals surface area contributed by atoms with Gasteiger partial charge in [0.2, 0.25) is 0 Å². The minimum Gasteiger partial charge on any atom is -0.383 e. The summed E-state index contributed by atoms with van der Waals surface area (Å²) in [4.78, 5) is 2.40. The molecule has 1 N–H and O–H groups in total. The third kappa shape index (κ3) is 6.33. The Balaban J connectivity index is 1.91. The highest BCUT2D eigenvalue weighted by Crippen LogP contribution is 1.96. The van der Waals surface area contributed by atoms with Crippen LogP contribution in [0, 0.1) is 0 Å². The summed E-state index contributed by atoms with van der Waals surface area (Å²) in [7, 11) is 1.67. The van der Waals surface area contributed by atoms with Gasteiger partial charge in [0.1, 0.15) is 0 Å². The van der Waals surface area contributed by atoms with Crippen LogP contribution in [0.5, 0.6) is 0 Å². The molecular formula is C10H21ClN2O2. The number of alkyl halides is 1. The summed E-state index contributed by atoms with van der Waals surface area (Å²) in [6.45, 7) is 7.27. The van der Waals surface area contributed by atoms with Crippen LogP contribution in [0.25, 0.3) is 0 Å². The van der Waals surface area contributed by atoms with Gasteiger partial charge >= 0.3 is 0 Å². The van der Waals surface area contributed by atoms with Gasteiger partial charge in [0.15, 0.2) is 0 Å². The van der Waals surface area contributed by atoms with E-state index in [2.05, 4.69) is 10.2 Å². The number of ether oxygens (including phenoxy) is 2. The SMILES string of the molecule is COCC(Cl)CNCCN1CCOCC1. The van der Waals surface area contributed by atoms with Crippen LogP contribution in [-0.2, 0) is 9.47 Å². The molecule has 5 heteroatoms. The molecule has 4 nitrogen and oxygen atoms in total. The molecule has 1 heterocycles. The van der Waals surface area contributed by atoms with Crippen LogP contribution in [0.3, 0.4) is 0 Å². The van der Waals surface area contributed by atoms with Crippen LogP contribution in [0.2, 0.25) is 0 Å². The maximum Gasteiger partial charge on any atom is 0.0693 e. The lowest BCUT2D eigenvalue weighted by Gasteiger charge is -2.26. The lowest BCUT2D eigenvalue weighted by Crippen LogP contribution is -2.41. The first kappa shape index (κ1) is 13.2. The van der Waals surface area contributed by atoms with Crippen molar-refractivity contribution < 1.29 is 9.47 Å². The van der Waals surface area contributed by atoms with E-state index >= 15 is 0 Å². The number of nitrogens with one attached hydrogen (secondary N) is 1. The third-order valence-corrected chi connectivity index (χ3v) is 2.70. The van der Waals surface area contributed by atoms with Crippen LogP contribution in [0.4, 0.5) is 0 Å². The number of hydrogen-bond acceptors (Lipinski definition) is 4. The van der Waals surface area contributed by atoms with Crippen molar-refractivity contribution in [3.8, 4) is 0 Å². The van der Waals surface area contributed by atoms with Crippen LogP contribution in [-0.4, -0.2) is 69.9 Å². The van der Waals surface area contributed by atoms with Crippen molar-refractivity contribution >= 4 is 11.6 Å². The van der Waals surface area contributed by atoms with Gasteiger partial charge in [-0.15, -0.1) is 11.6 Å². The Kier molecular flexibility index (Phi) is 7.30. The van der Waals surface area contributed by atoms with Crippen molar-refractivity contribution in [3.05, 3.63) is 0 Å². The van der Waals surface area contributed by atoms with E-state index in [9.17, 15) is 0 Å². The second kappa shape index (κ2) is 8.30. The van der Waals surface area contributed by atoms with E-state index in [-0.39, 0.29) is 5.38 Å². The molecule has 1 fully saturated rings. The zero-order valence-corrected chi connectivity index (χ0v) is 10.1. The van der Waals surface area contributed by atoms with Gasteiger partial charge < -0.3 is 14.8 Å². The monoisotopic (exact) mass is 236 g/mol. The average molecular weight is 237 g/mol. The molecule has 1 saturated heterocycles. The van der Waals surface area contributed by atoms with Gasteiger partial charge in [-0.2, -0.15) is 0 Å². The predicted molar refractivity (Wildman–Crippen MR) is 61.6 cm³/mol. The first-order chi connectivity index (χ1) is 7.33. The maximum atomic E-state index is 5.98. The zero-order valence-electron chi connectivity index (χ0n) is 9.38. The molecule has 0 aromatic rings. The van der Waals surface area contributed by atoms with Gasteiger partial charge in [-0.1, -0.05) is 0 Å². The van der Waals surface area contributed by atoms with Gasteiger partial charge in [-0.05, 0) is 0 Å². The minimum absolute atomic E-state index is 0.0692. The Morgan fingerprint density at radius 1 is 1.47 bits per heavy atom. The van der Waals surface area contributed by atoms with Crippen LogP contribution >= 0.6 is 11.6 Å². The molecule has 1 aliphatic rings. The van der Waals surface area contributed by atoms with E-state index in [1.54, 1.807) is 7.11 Å². The molecule has 90 valence electrons. The molecule has 1 aliphatic heterocycles. The number of hydrogen-bond donors (Lipinski definition) is 1. The molecule has 0 saturated carbocycles. The summed E-state index contributed by atoms with van der Waals surface area (Å²) in [5, 5.41) is 3.39. The molecule has 0 aromatic heterocycles. The van der Waals surface area contributed by atoms with Gasteiger partial charge in [-0.3, -0.25) is 4.90 Å². The molecule has 1 atom stereocenters. The van der Waals surface area contributed by atoms with Gasteiger partial charge in [0.05, 0.1) is 25.2 Å². The fourth-order valence-electron chi connectivity index (χ4n) is 1.56. The molecule has 15 heavy (non-hydrogen) atoms. The molecule has 0 aliphatic carbocycles. The Morgan fingerprint density at radius 2 is 2.20 bits per heavy atom. The fourth-order valence-corrected chi connectivity index (χ4v) is 1.80. The molecule has 0 bridgehead atoms. The average Bonchev–Trinajstić information content (AvgIpc) is 2.26. The van der Waals surface area contributed by atoms with E-state index in [1.807, 2.05) is 0 Å². The van der Waals surface area contributed by atoms with Crippen LogP contribution in [0.1, 0.15) is 0 Å². The van der Waals surface area contributed by atoms with Gasteiger partial charge in [-0.25, -0.2) is 0 Å². The predicted octanol–water partition coefficient (Wildman–Crippen LogP) is 0.162. The van der Waals surface area contributed by atoms with E-state index < -0.39 is 0 Å². The second-order valence-corrected chi connectivity index (χ2v) is 4.33. The third-order valence-electron chi connectivity index (χ3n) is 2.42. The molecule has 1 rings (SSSR count). The molecule has 0 spiro atoms. The molecule has 0 aromatic carbocycles. The number of rotatable bonds is 7. The largest absolute Gasteiger partial charge is 0.383 e. The number of morpholine rings is 1. The molecule has 0 radical (unpaired) electrons. The van der Waals surface area contributed by atoms with E-state index in [0.29, 0.717) is 6.61 Å². The highest BCUT2D eigenvalue weighted by atomic mass is 35.5. The second-order valence-electron chi connectivity index (χ2n) is 3.71. The van der Waals surface area contributed by atoms with Crippen molar-refractivity contribution in [1.82, 2.24) is 10.2 Å². The first-order valence-electron chi connectivity index (χ1n) is 5.46. The van der Waals surface area contributed by atoms with Crippen molar-refractivity contribution in [2.24, 2.45) is 0 Å². The van der Waals surface area contributed by atoms with Crippen molar-refractivity contribution in [3.63, 3.8) is 0 Å². The molecular weight excluding hydrogens is 216 g/mol. The smallest absolute Gasteiger partial charge is 0.0693 e. The summed E-state index contributed by atoms with van der Waals surface area (Å²) in [5.74, 6) is 0. The number of nitrogens with zero attached hydrogens (tertiary/aromatic N) is 1. The van der Waals surface area contributed by atoms with Crippen LogP contribution in [0.15, 0.2) is 0 Å². The highest BCUT2D eigenvalue weighted by Gasteiger charge is 2.09. The highest BCUT2D eigenvalue weighted by molar-refractivity contribution is 6.20. The fraction of sp³-hybridized carbons (Fsp3) is 1.00. The van der Waals surface area contributed by atoms with Gasteiger partial charge in [0.25, 0.3) is 0 Å². The summed E-state index contributed by atoms with van der Waals surface area (Å²) < 4.78 is 10.2. The Hall–Kier alpha value is 0.130. The molecule has 0 amide bonds. The minimum atomic E-state index is 0.0692. The zero-order chi connectivity index (χ0) is 10.9. The Morgan fingerprint density at radius 3 is 2.87 bits per heavy atom. The summed E-state index contributed by atoms with van der Waals surface area (Å²) >= 11 is 5.98. The summed E-state index contributed by atoms with van der Waals surface area (Å²) in [6, 6.07) is 0. The quantitative estimate of drug-likeness (QED) is 0.505. The summed E-state index contributed by atoms with van der Waals surface area (Å²) in [6.07, 6.45) is 0. The normalized spacial score (nSPS) is 20.4. The maximum absolute atomic E-state index is 5.98. The Labute approximate surface area is 96.9 Å². The van der Waals surface area contributed by atoms with Crippen molar-refractivity contribution in [1.29, 1.82) is 0 Å². The molecule has 1 unspecified atom stereocenters. The Bertz CT molecular complexity index is 154.